The van der Waals surface area contributed by atoms with Crippen molar-refractivity contribution >= 4 is 35.8 Å². The molecule has 0 saturated carbocycles. The number of guanidine groups is 1. The van der Waals surface area contributed by atoms with E-state index in [1.54, 1.807) is 0 Å². The van der Waals surface area contributed by atoms with Crippen LogP contribution in [0.4, 0.5) is 0 Å². The van der Waals surface area contributed by atoms with Crippen molar-refractivity contribution in [3.05, 3.63) is 35.4 Å². The molecule has 0 atom stereocenters. The van der Waals surface area contributed by atoms with Gasteiger partial charge in [0.25, 0.3) is 0 Å². The molecule has 3 rings (SSSR count). The highest BCUT2D eigenvalue weighted by atomic mass is 127. The maximum atomic E-state index is 12.1. The van der Waals surface area contributed by atoms with E-state index in [4.69, 9.17) is 4.99 Å². The van der Waals surface area contributed by atoms with Gasteiger partial charge in [-0.1, -0.05) is 30.7 Å². The van der Waals surface area contributed by atoms with Crippen molar-refractivity contribution in [3.8, 4) is 0 Å². The van der Waals surface area contributed by atoms with Gasteiger partial charge in [0.15, 0.2) is 5.96 Å². The predicted octanol–water partition coefficient (Wildman–Crippen LogP) is 3.11. The number of hydrogen-bond acceptors (Lipinski definition) is 4. The zero-order chi connectivity index (χ0) is 22.6. The number of carbonyl (C=O) groups is 1. The van der Waals surface area contributed by atoms with E-state index in [0.29, 0.717) is 18.9 Å². The summed E-state index contributed by atoms with van der Waals surface area (Å²) >= 11 is 0. The molecule has 2 fully saturated rings. The molecule has 3 N–H and O–H groups in total. The number of rotatable bonds is 9. The second-order valence-corrected chi connectivity index (χ2v) is 8.99. The number of aliphatic hydroxyl groups is 1. The number of likely N-dealkylation sites (tertiary alicyclic amines) is 2. The quantitative estimate of drug-likeness (QED) is 0.184. The molecule has 1 amide bonds. The average molecular weight is 572 g/mol. The van der Waals surface area contributed by atoms with Crippen molar-refractivity contribution in [1.29, 1.82) is 0 Å². The van der Waals surface area contributed by atoms with Gasteiger partial charge >= 0.3 is 0 Å². The van der Waals surface area contributed by atoms with Crippen molar-refractivity contribution in [2.24, 2.45) is 4.99 Å². The van der Waals surface area contributed by atoms with Crippen LogP contribution >= 0.6 is 24.0 Å². The zero-order valence-corrected chi connectivity index (χ0v) is 22.4. The maximum Gasteiger partial charge on any atom is 0.222 e. The van der Waals surface area contributed by atoms with Crippen LogP contribution in [0, 0.1) is 0 Å². The highest BCUT2D eigenvalue weighted by Crippen LogP contribution is 2.15. The van der Waals surface area contributed by atoms with E-state index in [2.05, 4.69) is 46.7 Å². The molecule has 0 radical (unpaired) electrons. The maximum absolute atomic E-state index is 12.1. The van der Waals surface area contributed by atoms with Crippen LogP contribution in [0.1, 0.15) is 63.0 Å². The molecule has 2 saturated heterocycles. The first kappa shape index (κ1) is 27.9. The van der Waals surface area contributed by atoms with Gasteiger partial charge in [-0.25, -0.2) is 4.99 Å². The molecule has 0 bridgehead atoms. The summed E-state index contributed by atoms with van der Waals surface area (Å²) in [6, 6.07) is 8.70. The Kier molecular flexibility index (Phi) is 13.1. The number of carbonyl (C=O) groups excluding carboxylic acids is 1. The third-order valence-electron chi connectivity index (χ3n) is 6.32. The van der Waals surface area contributed by atoms with Crippen LogP contribution in [-0.2, 0) is 17.9 Å². The molecule has 1 aromatic carbocycles. The van der Waals surface area contributed by atoms with Gasteiger partial charge in [-0.2, -0.15) is 0 Å². The molecule has 186 valence electrons. The number of halogens is 1. The number of benzene rings is 1. The summed E-state index contributed by atoms with van der Waals surface area (Å²) in [5.74, 6) is 1.13. The standard InChI is InChI=1S/C25H41N5O2.HI/c1-2-26-25(27-14-6-16-30-15-5-3-4-7-24(30)32)28-19-21-8-10-22(11-9-21)20-29-17-12-23(31)13-18-29;/h8-11,23,31H,2-7,12-20H2,1H3,(H2,26,27,28);1H. The number of hydrogen-bond donors (Lipinski definition) is 3. The molecule has 0 aromatic heterocycles. The second-order valence-electron chi connectivity index (χ2n) is 8.99. The van der Waals surface area contributed by atoms with Crippen LogP contribution in [0.2, 0.25) is 0 Å². The Balaban J connectivity index is 0.00000385. The SMILES string of the molecule is CCNC(=NCc1ccc(CN2CCC(O)CC2)cc1)NCCCN1CCCCCC1=O.I. The van der Waals surface area contributed by atoms with E-state index >= 15 is 0 Å². The molecule has 0 aliphatic carbocycles. The highest BCUT2D eigenvalue weighted by Gasteiger charge is 2.17. The molecule has 2 aliphatic heterocycles. The van der Waals surface area contributed by atoms with Gasteiger partial charge in [-0.05, 0) is 50.2 Å². The summed E-state index contributed by atoms with van der Waals surface area (Å²) < 4.78 is 0. The van der Waals surface area contributed by atoms with Crippen molar-refractivity contribution in [2.75, 3.05) is 39.3 Å². The van der Waals surface area contributed by atoms with Gasteiger partial charge in [0.05, 0.1) is 12.6 Å². The first-order valence-corrected chi connectivity index (χ1v) is 12.4. The van der Waals surface area contributed by atoms with Gasteiger partial charge in [-0.15, -0.1) is 24.0 Å². The summed E-state index contributed by atoms with van der Waals surface area (Å²) in [7, 11) is 0. The summed E-state index contributed by atoms with van der Waals surface area (Å²) in [5.41, 5.74) is 2.50. The van der Waals surface area contributed by atoms with Crippen molar-refractivity contribution in [2.45, 2.75) is 71.1 Å². The smallest absolute Gasteiger partial charge is 0.222 e. The number of aliphatic hydroxyl groups excluding tert-OH is 1. The first-order valence-electron chi connectivity index (χ1n) is 12.4. The Hall–Kier alpha value is -1.39. The van der Waals surface area contributed by atoms with Crippen LogP contribution in [-0.4, -0.2) is 72.1 Å². The molecule has 2 heterocycles. The Bertz CT molecular complexity index is 720. The van der Waals surface area contributed by atoms with Crippen LogP contribution in [0.25, 0.3) is 0 Å². The fraction of sp³-hybridized carbons (Fsp3) is 0.680. The molecule has 33 heavy (non-hydrogen) atoms. The fourth-order valence-corrected chi connectivity index (χ4v) is 4.35. The summed E-state index contributed by atoms with van der Waals surface area (Å²) in [6.07, 6.45) is 6.60. The van der Waals surface area contributed by atoms with Crippen LogP contribution in [0.15, 0.2) is 29.3 Å². The molecule has 0 unspecified atom stereocenters. The lowest BCUT2D eigenvalue weighted by Crippen LogP contribution is -2.39. The van der Waals surface area contributed by atoms with E-state index in [-0.39, 0.29) is 30.1 Å². The lowest BCUT2D eigenvalue weighted by Gasteiger charge is -2.29. The van der Waals surface area contributed by atoms with Gasteiger partial charge < -0.3 is 20.6 Å². The number of amides is 1. The number of piperidine rings is 1. The number of nitrogens with zero attached hydrogens (tertiary/aromatic N) is 3. The zero-order valence-electron chi connectivity index (χ0n) is 20.1. The third-order valence-corrected chi connectivity index (χ3v) is 6.32. The Morgan fingerprint density at radius 2 is 1.79 bits per heavy atom. The third kappa shape index (κ3) is 10.2. The molecule has 2 aliphatic rings. The van der Waals surface area contributed by atoms with E-state index in [0.717, 1.165) is 83.9 Å². The van der Waals surface area contributed by atoms with Gasteiger partial charge in [-0.3, -0.25) is 9.69 Å². The topological polar surface area (TPSA) is 80.2 Å². The summed E-state index contributed by atoms with van der Waals surface area (Å²) in [6.45, 7) is 8.94. The van der Waals surface area contributed by atoms with Crippen molar-refractivity contribution in [3.63, 3.8) is 0 Å². The van der Waals surface area contributed by atoms with E-state index in [9.17, 15) is 9.90 Å². The van der Waals surface area contributed by atoms with Crippen LogP contribution in [0.5, 0.6) is 0 Å². The molecular formula is C25H42IN5O2. The summed E-state index contributed by atoms with van der Waals surface area (Å²) in [5, 5.41) is 16.4. The van der Waals surface area contributed by atoms with Crippen molar-refractivity contribution in [1.82, 2.24) is 20.4 Å². The van der Waals surface area contributed by atoms with Gasteiger partial charge in [0.2, 0.25) is 5.91 Å². The molecule has 7 nitrogen and oxygen atoms in total. The minimum absolute atomic E-state index is 0. The second kappa shape index (κ2) is 15.5. The molecule has 1 aromatic rings. The van der Waals surface area contributed by atoms with E-state index < -0.39 is 0 Å². The number of nitrogens with one attached hydrogen (secondary N) is 2. The molecule has 8 heteroatoms. The highest BCUT2D eigenvalue weighted by molar-refractivity contribution is 14.0. The largest absolute Gasteiger partial charge is 0.393 e. The normalized spacial score (nSPS) is 18.5. The lowest BCUT2D eigenvalue weighted by molar-refractivity contribution is -0.130. The van der Waals surface area contributed by atoms with Crippen molar-refractivity contribution < 1.29 is 9.90 Å². The Morgan fingerprint density at radius 3 is 2.52 bits per heavy atom. The minimum Gasteiger partial charge on any atom is -0.393 e. The van der Waals surface area contributed by atoms with Crippen LogP contribution < -0.4 is 10.6 Å². The Morgan fingerprint density at radius 1 is 1.06 bits per heavy atom. The first-order chi connectivity index (χ1) is 15.6. The van der Waals surface area contributed by atoms with Gasteiger partial charge in [0.1, 0.15) is 0 Å². The predicted molar refractivity (Wildman–Crippen MR) is 145 cm³/mol. The van der Waals surface area contributed by atoms with E-state index in [1.807, 2.05) is 4.90 Å². The van der Waals surface area contributed by atoms with Gasteiger partial charge in [0, 0.05) is 52.2 Å². The van der Waals surface area contributed by atoms with E-state index in [1.165, 1.54) is 17.5 Å². The summed E-state index contributed by atoms with van der Waals surface area (Å²) in [4.78, 5) is 21.3. The average Bonchev–Trinajstić information content (AvgIpc) is 3.01. The molecular weight excluding hydrogens is 529 g/mol. The van der Waals surface area contributed by atoms with Crippen LogP contribution in [0.3, 0.4) is 0 Å². The monoisotopic (exact) mass is 571 g/mol. The Labute approximate surface area is 216 Å². The minimum atomic E-state index is -0.122. The molecule has 0 spiro atoms. The fourth-order valence-electron chi connectivity index (χ4n) is 4.35. The number of aliphatic imine (C=N–C) groups is 1. The lowest BCUT2D eigenvalue weighted by atomic mass is 10.1.